The number of carbonyl (C=O) groups excluding carboxylic acids is 1. The van der Waals surface area contributed by atoms with Crippen molar-refractivity contribution in [3.05, 3.63) is 0 Å². The smallest absolute Gasteiger partial charge is 0.300 e. The Morgan fingerprint density at radius 2 is 2.06 bits per heavy atom. The van der Waals surface area contributed by atoms with E-state index in [1.165, 1.54) is 0 Å². The van der Waals surface area contributed by atoms with E-state index in [1.54, 1.807) is 0 Å². The van der Waals surface area contributed by atoms with E-state index in [4.69, 9.17) is 0 Å². The van der Waals surface area contributed by atoms with Crippen molar-refractivity contribution in [2.45, 2.75) is 51.2 Å². The van der Waals surface area contributed by atoms with Crippen LogP contribution in [-0.2, 0) is 4.79 Å². The minimum absolute atomic E-state index is 0.181. The molecule has 0 amide bonds. The van der Waals surface area contributed by atoms with Crippen molar-refractivity contribution in [3.63, 3.8) is 0 Å². The van der Waals surface area contributed by atoms with Crippen LogP contribution in [0.4, 0.5) is 13.2 Å². The second kappa shape index (κ2) is 5.66. The van der Waals surface area contributed by atoms with Gasteiger partial charge in [-0.15, -0.1) is 0 Å². The zero-order valence-corrected chi connectivity index (χ0v) is 9.52. The lowest BCUT2D eigenvalue weighted by molar-refractivity contribution is -0.135. The molecule has 0 bridgehead atoms. The van der Waals surface area contributed by atoms with Crippen molar-refractivity contribution in [2.75, 3.05) is 13.1 Å². The van der Waals surface area contributed by atoms with Crippen molar-refractivity contribution in [1.29, 1.82) is 0 Å². The van der Waals surface area contributed by atoms with Crippen LogP contribution >= 0.6 is 0 Å². The van der Waals surface area contributed by atoms with E-state index in [0.29, 0.717) is 32.4 Å². The number of Topliss-reactive ketones (excluding diaryl/α,β-unsaturated/α-hetero) is 1. The third-order valence-corrected chi connectivity index (χ3v) is 2.98. The van der Waals surface area contributed by atoms with E-state index in [-0.39, 0.29) is 18.2 Å². The van der Waals surface area contributed by atoms with Gasteiger partial charge in [-0.2, -0.15) is 13.2 Å². The Morgan fingerprint density at radius 3 is 2.62 bits per heavy atom. The number of rotatable bonds is 4. The molecule has 1 saturated heterocycles. The number of halogens is 3. The Labute approximate surface area is 93.8 Å². The molecule has 1 fully saturated rings. The van der Waals surface area contributed by atoms with Crippen molar-refractivity contribution in [2.24, 2.45) is 0 Å². The Hall–Kier alpha value is -0.580. The average Bonchev–Trinajstić information content (AvgIpc) is 2.13. The molecular weight excluding hydrogens is 219 g/mol. The van der Waals surface area contributed by atoms with Gasteiger partial charge in [0.25, 0.3) is 0 Å². The molecule has 1 aliphatic heterocycles. The fraction of sp³-hybridized carbons (Fsp3) is 0.909. The van der Waals surface area contributed by atoms with E-state index in [0.717, 1.165) is 0 Å². The van der Waals surface area contributed by atoms with Gasteiger partial charge in [-0.05, 0) is 26.3 Å². The summed E-state index contributed by atoms with van der Waals surface area (Å²) in [7, 11) is 0. The maximum absolute atomic E-state index is 11.9. The number of hydrogen-bond acceptors (Lipinski definition) is 2. The summed E-state index contributed by atoms with van der Waals surface area (Å²) in [6.07, 6.45) is -2.92. The number of nitrogens with zero attached hydrogens (tertiary/aromatic N) is 1. The standard InChI is InChI=1S/C11H18F3NO/c1-9-8-10(16)4-7-15(9)6-3-2-5-11(12,13)14/h9H,2-8H2,1H3. The van der Waals surface area contributed by atoms with Crippen LogP contribution in [0.3, 0.4) is 0 Å². The minimum Gasteiger partial charge on any atom is -0.300 e. The van der Waals surface area contributed by atoms with Crippen molar-refractivity contribution < 1.29 is 18.0 Å². The Balaban J connectivity index is 2.15. The summed E-state index contributed by atoms with van der Waals surface area (Å²) in [4.78, 5) is 13.2. The first-order valence-electron chi connectivity index (χ1n) is 5.71. The Kier molecular flexibility index (Phi) is 4.77. The molecule has 0 spiro atoms. The zero-order chi connectivity index (χ0) is 12.2. The number of likely N-dealkylation sites (tertiary alicyclic amines) is 1. The highest BCUT2D eigenvalue weighted by Gasteiger charge is 2.27. The first-order chi connectivity index (χ1) is 7.38. The Bertz CT molecular complexity index is 240. The normalized spacial score (nSPS) is 23.8. The lowest BCUT2D eigenvalue weighted by Gasteiger charge is -2.32. The summed E-state index contributed by atoms with van der Waals surface area (Å²) < 4.78 is 35.7. The van der Waals surface area contributed by atoms with Crippen LogP contribution in [0.15, 0.2) is 0 Å². The van der Waals surface area contributed by atoms with Crippen LogP contribution in [0.5, 0.6) is 0 Å². The molecule has 1 aliphatic rings. The molecule has 1 unspecified atom stereocenters. The fourth-order valence-electron chi connectivity index (χ4n) is 2.02. The third kappa shape index (κ3) is 4.96. The van der Waals surface area contributed by atoms with Gasteiger partial charge in [0.15, 0.2) is 0 Å². The van der Waals surface area contributed by atoms with Gasteiger partial charge in [-0.25, -0.2) is 0 Å². The first-order valence-corrected chi connectivity index (χ1v) is 5.71. The number of carbonyl (C=O) groups is 1. The van der Waals surface area contributed by atoms with Crippen LogP contribution in [0, 0.1) is 0 Å². The topological polar surface area (TPSA) is 20.3 Å². The van der Waals surface area contributed by atoms with Crippen molar-refractivity contribution in [3.8, 4) is 0 Å². The molecule has 0 aromatic rings. The predicted molar refractivity (Wildman–Crippen MR) is 55.2 cm³/mol. The summed E-state index contributed by atoms with van der Waals surface area (Å²) >= 11 is 0. The Morgan fingerprint density at radius 1 is 1.38 bits per heavy atom. The third-order valence-electron chi connectivity index (χ3n) is 2.98. The maximum Gasteiger partial charge on any atom is 0.389 e. The highest BCUT2D eigenvalue weighted by atomic mass is 19.4. The number of unbranched alkanes of at least 4 members (excludes halogenated alkanes) is 1. The summed E-state index contributed by atoms with van der Waals surface area (Å²) in [6, 6.07) is 0.187. The van der Waals surface area contributed by atoms with Gasteiger partial charge in [0.1, 0.15) is 5.78 Å². The van der Waals surface area contributed by atoms with Gasteiger partial charge >= 0.3 is 6.18 Å². The number of alkyl halides is 3. The molecule has 0 aliphatic carbocycles. The molecule has 0 saturated carbocycles. The van der Waals surface area contributed by atoms with Gasteiger partial charge in [0, 0.05) is 31.8 Å². The summed E-state index contributed by atoms with van der Waals surface area (Å²) in [5.74, 6) is 0.263. The van der Waals surface area contributed by atoms with Gasteiger partial charge in [0.05, 0.1) is 0 Å². The van der Waals surface area contributed by atoms with E-state index in [2.05, 4.69) is 4.90 Å². The van der Waals surface area contributed by atoms with Gasteiger partial charge in [0.2, 0.25) is 0 Å². The van der Waals surface area contributed by atoms with E-state index >= 15 is 0 Å². The van der Waals surface area contributed by atoms with Gasteiger partial charge in [-0.1, -0.05) is 0 Å². The van der Waals surface area contributed by atoms with E-state index < -0.39 is 12.6 Å². The van der Waals surface area contributed by atoms with Crippen LogP contribution in [0.25, 0.3) is 0 Å². The quantitative estimate of drug-likeness (QED) is 0.701. The molecular formula is C11H18F3NO. The second-order valence-corrected chi connectivity index (χ2v) is 4.45. The van der Waals surface area contributed by atoms with Crippen molar-refractivity contribution in [1.82, 2.24) is 4.90 Å². The second-order valence-electron chi connectivity index (χ2n) is 4.45. The number of ketones is 1. The van der Waals surface area contributed by atoms with E-state index in [1.807, 2.05) is 6.92 Å². The zero-order valence-electron chi connectivity index (χ0n) is 9.52. The van der Waals surface area contributed by atoms with Gasteiger partial charge in [-0.3, -0.25) is 9.69 Å². The molecule has 1 heterocycles. The molecule has 1 atom stereocenters. The average molecular weight is 237 g/mol. The molecule has 16 heavy (non-hydrogen) atoms. The number of piperidine rings is 1. The molecule has 0 aromatic heterocycles. The van der Waals surface area contributed by atoms with Crippen LogP contribution in [-0.4, -0.2) is 36.0 Å². The fourth-order valence-corrected chi connectivity index (χ4v) is 2.02. The molecule has 2 nitrogen and oxygen atoms in total. The molecule has 5 heteroatoms. The van der Waals surface area contributed by atoms with Gasteiger partial charge < -0.3 is 0 Å². The summed E-state index contributed by atoms with van der Waals surface area (Å²) in [5.41, 5.74) is 0. The largest absolute Gasteiger partial charge is 0.389 e. The minimum atomic E-state index is -4.04. The molecule has 0 aromatic carbocycles. The highest BCUT2D eigenvalue weighted by molar-refractivity contribution is 5.79. The van der Waals surface area contributed by atoms with Crippen LogP contribution in [0.1, 0.15) is 39.0 Å². The highest BCUT2D eigenvalue weighted by Crippen LogP contribution is 2.23. The van der Waals surface area contributed by atoms with E-state index in [9.17, 15) is 18.0 Å². The lowest BCUT2D eigenvalue weighted by Crippen LogP contribution is -2.41. The lowest BCUT2D eigenvalue weighted by atomic mass is 10.0. The van der Waals surface area contributed by atoms with Crippen LogP contribution in [0.2, 0.25) is 0 Å². The van der Waals surface area contributed by atoms with Crippen LogP contribution < -0.4 is 0 Å². The maximum atomic E-state index is 11.9. The predicted octanol–water partition coefficient (Wildman–Crippen LogP) is 2.77. The van der Waals surface area contributed by atoms with Crippen molar-refractivity contribution >= 4 is 5.78 Å². The summed E-state index contributed by atoms with van der Waals surface area (Å²) in [5, 5.41) is 0. The number of hydrogen-bond donors (Lipinski definition) is 0. The molecule has 0 N–H and O–H groups in total. The molecule has 1 rings (SSSR count). The monoisotopic (exact) mass is 237 g/mol. The SMILES string of the molecule is CC1CC(=O)CCN1CCCCC(F)(F)F. The summed E-state index contributed by atoms with van der Waals surface area (Å²) in [6.45, 7) is 3.33. The molecule has 0 radical (unpaired) electrons. The first kappa shape index (κ1) is 13.5. The molecule has 94 valence electrons.